The van der Waals surface area contributed by atoms with Gasteiger partial charge in [0.1, 0.15) is 11.6 Å². The van der Waals surface area contributed by atoms with E-state index >= 15 is 0 Å². The van der Waals surface area contributed by atoms with E-state index in [1.165, 1.54) is 24.1 Å². The number of hydrogen-bond acceptors (Lipinski definition) is 3. The third kappa shape index (κ3) is 3.51. The van der Waals surface area contributed by atoms with Crippen molar-refractivity contribution in [2.24, 2.45) is 0 Å². The Kier molecular flexibility index (Phi) is 4.42. The van der Waals surface area contributed by atoms with Gasteiger partial charge in [0.05, 0.1) is 12.7 Å². The summed E-state index contributed by atoms with van der Waals surface area (Å²) in [5.41, 5.74) is 7.50. The van der Waals surface area contributed by atoms with E-state index in [1.807, 2.05) is 0 Å². The molecular formula is C16H17FN2O2. The normalized spacial score (nSPS) is 10.2. The predicted octanol–water partition coefficient (Wildman–Crippen LogP) is 2.69. The van der Waals surface area contributed by atoms with E-state index in [4.69, 9.17) is 10.5 Å². The van der Waals surface area contributed by atoms with Gasteiger partial charge in [-0.3, -0.25) is 4.79 Å². The Hall–Kier alpha value is -2.56. The molecule has 0 fully saturated rings. The summed E-state index contributed by atoms with van der Waals surface area (Å²) in [4.78, 5) is 13.9. The van der Waals surface area contributed by atoms with Crippen LogP contribution >= 0.6 is 0 Å². The zero-order valence-electron chi connectivity index (χ0n) is 12.0. The number of nitrogens with zero attached hydrogens (tertiary/aromatic N) is 1. The molecule has 2 N–H and O–H groups in total. The molecule has 2 rings (SSSR count). The summed E-state index contributed by atoms with van der Waals surface area (Å²) in [5.74, 6) is 0.108. The van der Waals surface area contributed by atoms with Crippen LogP contribution in [-0.2, 0) is 6.54 Å². The second-order valence-corrected chi connectivity index (χ2v) is 4.74. The molecule has 110 valence electrons. The molecule has 2 aromatic rings. The van der Waals surface area contributed by atoms with Crippen LogP contribution in [0.15, 0.2) is 42.5 Å². The number of amides is 1. The van der Waals surface area contributed by atoms with Crippen LogP contribution in [0.5, 0.6) is 5.75 Å². The summed E-state index contributed by atoms with van der Waals surface area (Å²) in [6.07, 6.45) is 0. The molecule has 0 unspecified atom stereocenters. The number of anilines is 1. The van der Waals surface area contributed by atoms with E-state index in [2.05, 4.69) is 0 Å². The van der Waals surface area contributed by atoms with Gasteiger partial charge in [-0.05, 0) is 29.8 Å². The first-order chi connectivity index (χ1) is 10.0. The minimum atomic E-state index is -0.299. The molecule has 0 aliphatic carbocycles. The number of ether oxygens (including phenoxy) is 1. The lowest BCUT2D eigenvalue weighted by atomic mass is 10.1. The second kappa shape index (κ2) is 6.26. The number of halogens is 1. The monoisotopic (exact) mass is 288 g/mol. The third-order valence-electron chi connectivity index (χ3n) is 3.17. The Balaban J connectivity index is 2.13. The lowest BCUT2D eigenvalue weighted by Gasteiger charge is -2.18. The Morgan fingerprint density at radius 3 is 2.48 bits per heavy atom. The van der Waals surface area contributed by atoms with Gasteiger partial charge < -0.3 is 15.4 Å². The highest BCUT2D eigenvalue weighted by Gasteiger charge is 2.15. The van der Waals surface area contributed by atoms with Crippen molar-refractivity contribution >= 4 is 11.6 Å². The first-order valence-corrected chi connectivity index (χ1v) is 6.44. The maximum absolute atomic E-state index is 12.9. The molecule has 0 saturated heterocycles. The Bertz CT molecular complexity index is 641. The molecule has 0 spiro atoms. The van der Waals surface area contributed by atoms with Gasteiger partial charge in [0.2, 0.25) is 0 Å². The molecule has 0 aromatic heterocycles. The van der Waals surface area contributed by atoms with Gasteiger partial charge in [-0.25, -0.2) is 4.39 Å². The molecule has 0 bridgehead atoms. The highest BCUT2D eigenvalue weighted by molar-refractivity contribution is 5.99. The minimum absolute atomic E-state index is 0.195. The summed E-state index contributed by atoms with van der Waals surface area (Å²) < 4.78 is 17.9. The van der Waals surface area contributed by atoms with Gasteiger partial charge in [-0.2, -0.15) is 0 Å². The Morgan fingerprint density at radius 1 is 1.24 bits per heavy atom. The molecule has 4 nitrogen and oxygen atoms in total. The molecule has 21 heavy (non-hydrogen) atoms. The van der Waals surface area contributed by atoms with E-state index in [0.29, 0.717) is 23.5 Å². The van der Waals surface area contributed by atoms with Crippen LogP contribution in [0.2, 0.25) is 0 Å². The van der Waals surface area contributed by atoms with Gasteiger partial charge in [-0.15, -0.1) is 0 Å². The van der Waals surface area contributed by atoms with Gasteiger partial charge >= 0.3 is 0 Å². The van der Waals surface area contributed by atoms with E-state index in [1.54, 1.807) is 37.4 Å². The van der Waals surface area contributed by atoms with Gasteiger partial charge in [0.25, 0.3) is 5.91 Å². The maximum Gasteiger partial charge on any atom is 0.255 e. The number of nitrogen functional groups attached to an aromatic ring is 1. The summed E-state index contributed by atoms with van der Waals surface area (Å²) >= 11 is 0. The van der Waals surface area contributed by atoms with Crippen molar-refractivity contribution in [3.63, 3.8) is 0 Å². The minimum Gasteiger partial charge on any atom is -0.497 e. The first-order valence-electron chi connectivity index (χ1n) is 6.44. The van der Waals surface area contributed by atoms with E-state index in [9.17, 15) is 9.18 Å². The Morgan fingerprint density at radius 2 is 1.90 bits per heavy atom. The summed E-state index contributed by atoms with van der Waals surface area (Å²) in [5, 5.41) is 0. The first kappa shape index (κ1) is 14.8. The SMILES string of the molecule is COc1ccc(C(=O)N(C)Cc2ccc(F)cc2)c(N)c1. The number of nitrogens with two attached hydrogens (primary N) is 1. The standard InChI is InChI=1S/C16H17FN2O2/c1-19(10-11-3-5-12(17)6-4-11)16(20)14-8-7-13(21-2)9-15(14)18/h3-9H,10,18H2,1-2H3. The zero-order valence-corrected chi connectivity index (χ0v) is 12.0. The molecular weight excluding hydrogens is 271 g/mol. The molecule has 0 atom stereocenters. The average molecular weight is 288 g/mol. The summed E-state index contributed by atoms with van der Waals surface area (Å²) in [7, 11) is 3.21. The summed E-state index contributed by atoms with van der Waals surface area (Å²) in [6, 6.07) is 11.0. The molecule has 0 radical (unpaired) electrons. The van der Waals surface area contributed by atoms with Crippen LogP contribution in [-0.4, -0.2) is 25.0 Å². The number of rotatable bonds is 4. The van der Waals surface area contributed by atoms with Crippen LogP contribution in [0.3, 0.4) is 0 Å². The van der Waals surface area contributed by atoms with Crippen molar-refractivity contribution in [3.05, 3.63) is 59.4 Å². The molecule has 2 aromatic carbocycles. The third-order valence-corrected chi connectivity index (χ3v) is 3.17. The molecule has 0 aliphatic heterocycles. The molecule has 1 amide bonds. The van der Waals surface area contributed by atoms with E-state index < -0.39 is 0 Å². The maximum atomic E-state index is 12.9. The van der Waals surface area contributed by atoms with Crippen molar-refractivity contribution < 1.29 is 13.9 Å². The lowest BCUT2D eigenvalue weighted by Crippen LogP contribution is -2.27. The fourth-order valence-electron chi connectivity index (χ4n) is 2.00. The largest absolute Gasteiger partial charge is 0.497 e. The summed E-state index contributed by atoms with van der Waals surface area (Å²) in [6.45, 7) is 0.380. The van der Waals surface area contributed by atoms with Crippen LogP contribution in [0.1, 0.15) is 15.9 Å². The van der Waals surface area contributed by atoms with Crippen molar-refractivity contribution in [1.29, 1.82) is 0 Å². The smallest absolute Gasteiger partial charge is 0.255 e. The molecule has 5 heteroatoms. The fourth-order valence-corrected chi connectivity index (χ4v) is 2.00. The topological polar surface area (TPSA) is 55.6 Å². The Labute approximate surface area is 122 Å². The quantitative estimate of drug-likeness (QED) is 0.880. The second-order valence-electron chi connectivity index (χ2n) is 4.74. The van der Waals surface area contributed by atoms with Crippen LogP contribution in [0.4, 0.5) is 10.1 Å². The van der Waals surface area contributed by atoms with Crippen molar-refractivity contribution in [3.8, 4) is 5.75 Å². The lowest BCUT2D eigenvalue weighted by molar-refractivity contribution is 0.0786. The van der Waals surface area contributed by atoms with Gasteiger partial charge in [0, 0.05) is 25.3 Å². The molecule has 0 heterocycles. The average Bonchev–Trinajstić information content (AvgIpc) is 2.48. The zero-order chi connectivity index (χ0) is 15.4. The predicted molar refractivity (Wildman–Crippen MR) is 79.6 cm³/mol. The number of carbonyl (C=O) groups is 1. The van der Waals surface area contributed by atoms with Crippen LogP contribution < -0.4 is 10.5 Å². The molecule has 0 saturated carbocycles. The van der Waals surface area contributed by atoms with Crippen molar-refractivity contribution in [1.82, 2.24) is 4.90 Å². The molecule has 0 aliphatic rings. The number of benzene rings is 2. The van der Waals surface area contributed by atoms with Crippen LogP contribution in [0, 0.1) is 5.82 Å². The fraction of sp³-hybridized carbons (Fsp3) is 0.188. The van der Waals surface area contributed by atoms with Crippen LogP contribution in [0.25, 0.3) is 0 Å². The number of carbonyl (C=O) groups excluding carboxylic acids is 1. The highest BCUT2D eigenvalue weighted by atomic mass is 19.1. The van der Waals surface area contributed by atoms with Crippen molar-refractivity contribution in [2.75, 3.05) is 19.9 Å². The highest BCUT2D eigenvalue weighted by Crippen LogP contribution is 2.21. The van der Waals surface area contributed by atoms with E-state index in [-0.39, 0.29) is 11.7 Å². The van der Waals surface area contributed by atoms with Crippen molar-refractivity contribution in [2.45, 2.75) is 6.54 Å². The van der Waals surface area contributed by atoms with Gasteiger partial charge in [-0.1, -0.05) is 12.1 Å². The number of methoxy groups -OCH3 is 1. The van der Waals surface area contributed by atoms with E-state index in [0.717, 1.165) is 5.56 Å². The number of hydrogen-bond donors (Lipinski definition) is 1. The van der Waals surface area contributed by atoms with Gasteiger partial charge in [0.15, 0.2) is 0 Å².